The molecule has 2 fully saturated rings. The van der Waals surface area contributed by atoms with Crippen molar-refractivity contribution in [2.75, 3.05) is 75.0 Å². The molecule has 2 aliphatic heterocycles. The molecule has 3 atom stereocenters. The molecule has 2 saturated heterocycles. The summed E-state index contributed by atoms with van der Waals surface area (Å²) < 4.78 is 55.9. The molecule has 0 aliphatic carbocycles. The van der Waals surface area contributed by atoms with Gasteiger partial charge in [-0.25, -0.2) is 18.0 Å². The molecular weight excluding hydrogens is 578 g/mol. The molecule has 2 aliphatic rings. The Balaban J connectivity index is 1.33. The van der Waals surface area contributed by atoms with Gasteiger partial charge in [0.25, 0.3) is 0 Å². The molecular formula is C30H38F2N6O4S. The van der Waals surface area contributed by atoms with E-state index in [0.717, 1.165) is 36.1 Å². The number of amides is 1. The van der Waals surface area contributed by atoms with Crippen LogP contribution in [-0.2, 0) is 20.6 Å². The van der Waals surface area contributed by atoms with Crippen LogP contribution < -0.4 is 15.5 Å². The van der Waals surface area contributed by atoms with E-state index in [1.807, 2.05) is 23.6 Å². The first-order chi connectivity index (χ1) is 20.8. The minimum Gasteiger partial charge on any atom is -0.378 e. The number of aromatic nitrogens is 2. The highest BCUT2D eigenvalue weighted by molar-refractivity contribution is 7.79. The van der Waals surface area contributed by atoms with Crippen LogP contribution in [0.4, 0.5) is 20.4 Å². The lowest BCUT2D eigenvalue weighted by molar-refractivity contribution is -0.119. The van der Waals surface area contributed by atoms with Crippen molar-refractivity contribution in [2.45, 2.75) is 19.3 Å². The molecule has 43 heavy (non-hydrogen) atoms. The van der Waals surface area contributed by atoms with Gasteiger partial charge in [0, 0.05) is 63.6 Å². The monoisotopic (exact) mass is 616 g/mol. The fourth-order valence-corrected chi connectivity index (χ4v) is 6.21. The molecule has 10 nitrogen and oxygen atoms in total. The minimum atomic E-state index is -1.82. The van der Waals surface area contributed by atoms with Crippen molar-refractivity contribution < 1.29 is 27.1 Å². The number of ether oxygens (including phenoxy) is 1. The molecule has 1 unspecified atom stereocenters. The Bertz CT molecular complexity index is 1430. The van der Waals surface area contributed by atoms with Gasteiger partial charge in [0.1, 0.15) is 11.6 Å². The maximum Gasteiger partial charge on any atom is 0.231 e. The number of carbonyl (C=O) groups excluding carboxylic acids is 1. The van der Waals surface area contributed by atoms with E-state index in [1.54, 1.807) is 12.4 Å². The number of likely N-dealkylation sites (tertiary alicyclic amines) is 1. The van der Waals surface area contributed by atoms with Gasteiger partial charge in [0.05, 0.1) is 36.3 Å². The fourth-order valence-electron chi connectivity index (χ4n) is 5.82. The van der Waals surface area contributed by atoms with Crippen LogP contribution in [0.3, 0.4) is 0 Å². The fraction of sp³-hybridized carbons (Fsp3) is 0.467. The highest BCUT2D eigenvalue weighted by Gasteiger charge is 2.40. The van der Waals surface area contributed by atoms with Gasteiger partial charge in [-0.2, -0.15) is 0 Å². The molecule has 0 saturated carbocycles. The number of morpholine rings is 1. The van der Waals surface area contributed by atoms with Crippen LogP contribution in [0.1, 0.15) is 23.5 Å². The second-order valence-electron chi connectivity index (χ2n) is 11.0. The van der Waals surface area contributed by atoms with Crippen LogP contribution in [0.2, 0.25) is 0 Å². The van der Waals surface area contributed by atoms with Crippen molar-refractivity contribution >= 4 is 28.6 Å². The van der Waals surface area contributed by atoms with E-state index in [0.29, 0.717) is 63.9 Å². The summed E-state index contributed by atoms with van der Waals surface area (Å²) in [6.07, 6.45) is 4.01. The molecule has 3 heterocycles. The van der Waals surface area contributed by atoms with Gasteiger partial charge < -0.3 is 24.4 Å². The molecule has 3 aromatic rings. The Morgan fingerprint density at radius 2 is 1.93 bits per heavy atom. The lowest BCUT2D eigenvalue weighted by atomic mass is 9.88. The van der Waals surface area contributed by atoms with Crippen molar-refractivity contribution in [3.8, 4) is 5.69 Å². The largest absolute Gasteiger partial charge is 0.378 e. The van der Waals surface area contributed by atoms with E-state index in [9.17, 15) is 17.8 Å². The highest BCUT2D eigenvalue weighted by atomic mass is 32.2. The standard InChI is InChI=1S/C30H38F2N6O4S/c1-21-3-6-27(28(17-21)37-12-14-42-15-13-37)38-11-9-34-30(38)35-29(39)25-20-36(10-8-33-7-2-16-43(40)41)19-24(25)23-5-4-22(31)18-26(23)32/h3-6,9,11,17-18,24-25,33H,2,7-8,10,12-16,19-20H2,1H3,(H,40,41)(H,34,35,39)/t24-,25+/m0/s1. The lowest BCUT2D eigenvalue weighted by Crippen LogP contribution is -2.37. The Kier molecular flexibility index (Phi) is 10.5. The Morgan fingerprint density at radius 3 is 2.70 bits per heavy atom. The molecule has 1 aromatic heterocycles. The average molecular weight is 617 g/mol. The first-order valence-corrected chi connectivity index (χ1v) is 15.8. The van der Waals surface area contributed by atoms with Crippen LogP contribution in [0.25, 0.3) is 5.69 Å². The summed E-state index contributed by atoms with van der Waals surface area (Å²) in [4.78, 5) is 22.6. The number of hydrogen-bond acceptors (Lipinski definition) is 7. The summed E-state index contributed by atoms with van der Waals surface area (Å²) in [6.45, 7) is 7.44. The van der Waals surface area contributed by atoms with Gasteiger partial charge in [-0.1, -0.05) is 12.1 Å². The van der Waals surface area contributed by atoms with Crippen LogP contribution >= 0.6 is 0 Å². The average Bonchev–Trinajstić information content (AvgIpc) is 3.62. The van der Waals surface area contributed by atoms with E-state index in [-0.39, 0.29) is 11.7 Å². The third-order valence-electron chi connectivity index (χ3n) is 7.99. The molecule has 0 spiro atoms. The zero-order chi connectivity index (χ0) is 30.3. The number of hydrogen-bond donors (Lipinski definition) is 3. The first-order valence-electron chi connectivity index (χ1n) is 14.5. The van der Waals surface area contributed by atoms with Gasteiger partial charge in [-0.3, -0.25) is 14.7 Å². The molecule has 0 radical (unpaired) electrons. The van der Waals surface area contributed by atoms with Gasteiger partial charge in [-0.15, -0.1) is 0 Å². The van der Waals surface area contributed by atoms with Gasteiger partial charge in [0.15, 0.2) is 11.1 Å². The van der Waals surface area contributed by atoms with Gasteiger partial charge in [-0.05, 0) is 49.2 Å². The molecule has 232 valence electrons. The lowest BCUT2D eigenvalue weighted by Gasteiger charge is -2.31. The number of anilines is 2. The third kappa shape index (κ3) is 7.84. The number of benzene rings is 2. The van der Waals surface area contributed by atoms with Crippen LogP contribution in [0, 0.1) is 24.5 Å². The number of rotatable bonds is 12. The van der Waals surface area contributed by atoms with E-state index < -0.39 is 34.6 Å². The quantitative estimate of drug-likeness (QED) is 0.210. The molecule has 5 rings (SSSR count). The first kappa shape index (κ1) is 31.2. The van der Waals surface area contributed by atoms with E-state index in [2.05, 4.69) is 31.5 Å². The Morgan fingerprint density at radius 1 is 1.12 bits per heavy atom. The Hall–Kier alpha value is -3.23. The smallest absolute Gasteiger partial charge is 0.231 e. The number of imidazole rings is 1. The van der Waals surface area contributed by atoms with Gasteiger partial charge >= 0.3 is 0 Å². The summed E-state index contributed by atoms with van der Waals surface area (Å²) in [7, 11) is 0. The number of aryl methyl sites for hydroxylation is 1. The summed E-state index contributed by atoms with van der Waals surface area (Å²) in [5.41, 5.74) is 3.32. The normalized spacial score (nSPS) is 20.0. The maximum absolute atomic E-state index is 15.0. The molecule has 1 amide bonds. The number of nitrogens with zero attached hydrogens (tertiary/aromatic N) is 4. The van der Waals surface area contributed by atoms with Crippen LogP contribution in [0.15, 0.2) is 48.8 Å². The second-order valence-corrected chi connectivity index (χ2v) is 12.0. The predicted molar refractivity (Wildman–Crippen MR) is 162 cm³/mol. The van der Waals surface area contributed by atoms with Crippen molar-refractivity contribution in [3.63, 3.8) is 0 Å². The van der Waals surface area contributed by atoms with Crippen molar-refractivity contribution in [1.82, 2.24) is 19.8 Å². The third-order valence-corrected chi connectivity index (χ3v) is 8.63. The zero-order valence-electron chi connectivity index (χ0n) is 24.2. The summed E-state index contributed by atoms with van der Waals surface area (Å²) in [5.74, 6) is -2.14. The zero-order valence-corrected chi connectivity index (χ0v) is 25.0. The van der Waals surface area contributed by atoms with E-state index in [1.165, 1.54) is 12.1 Å². The molecule has 13 heteroatoms. The SMILES string of the molecule is Cc1ccc(-n2ccnc2NC(=O)[C@@H]2CN(CCNCCCS(=O)O)C[C@H]2c2ccc(F)cc2F)c(N2CCOCC2)c1. The summed E-state index contributed by atoms with van der Waals surface area (Å²) in [5, 5.41) is 6.25. The minimum absolute atomic E-state index is 0.206. The van der Waals surface area contributed by atoms with Crippen LogP contribution in [0.5, 0.6) is 0 Å². The topological polar surface area (TPSA) is 112 Å². The summed E-state index contributed by atoms with van der Waals surface area (Å²) in [6, 6.07) is 9.65. The maximum atomic E-state index is 15.0. The van der Waals surface area contributed by atoms with Crippen LogP contribution in [-0.4, -0.2) is 93.9 Å². The summed E-state index contributed by atoms with van der Waals surface area (Å²) >= 11 is -1.82. The molecule has 0 bridgehead atoms. The number of carbonyl (C=O) groups is 1. The number of halogens is 2. The van der Waals surface area contributed by atoms with Crippen molar-refractivity contribution in [3.05, 3.63) is 71.6 Å². The van der Waals surface area contributed by atoms with E-state index in [4.69, 9.17) is 9.29 Å². The Labute approximate surface area is 252 Å². The van der Waals surface area contributed by atoms with E-state index >= 15 is 0 Å². The van der Waals surface area contributed by atoms with Crippen molar-refractivity contribution in [1.29, 1.82) is 0 Å². The highest BCUT2D eigenvalue weighted by Crippen LogP contribution is 2.36. The molecule has 2 aromatic carbocycles. The number of nitrogens with one attached hydrogen (secondary N) is 2. The van der Waals surface area contributed by atoms with Gasteiger partial charge in [0.2, 0.25) is 11.9 Å². The van der Waals surface area contributed by atoms with Crippen molar-refractivity contribution in [2.24, 2.45) is 5.92 Å². The predicted octanol–water partition coefficient (Wildman–Crippen LogP) is 3.15. The molecule has 3 N–H and O–H groups in total. The second kappa shape index (κ2) is 14.5.